The molecule has 0 radical (unpaired) electrons. The van der Waals surface area contributed by atoms with E-state index in [0.29, 0.717) is 45.1 Å². The monoisotopic (exact) mass is 693 g/mol. The molecule has 13 nitrogen and oxygen atoms in total. The summed E-state index contributed by atoms with van der Waals surface area (Å²) in [6.07, 6.45) is 1.96. The molecular weight excluding hydrogens is 630 g/mol. The molecule has 0 spiro atoms. The molecule has 0 saturated carbocycles. The molecule has 4 atom stereocenters. The third-order valence-electron chi connectivity index (χ3n) is 8.64. The van der Waals surface area contributed by atoms with Crippen molar-refractivity contribution >= 4 is 17.9 Å². The molecule has 280 valence electrons. The average molecular weight is 694 g/mol. The van der Waals surface area contributed by atoms with Gasteiger partial charge < -0.3 is 40.0 Å². The fourth-order valence-electron chi connectivity index (χ4n) is 5.60. The van der Waals surface area contributed by atoms with Gasteiger partial charge in [-0.05, 0) is 76.3 Å². The number of hydrogen-bond acceptors (Lipinski definition) is 10. The third-order valence-corrected chi connectivity index (χ3v) is 8.64. The van der Waals surface area contributed by atoms with Crippen molar-refractivity contribution in [2.75, 3.05) is 66.3 Å². The summed E-state index contributed by atoms with van der Waals surface area (Å²) in [5.41, 5.74) is -0.544. The lowest BCUT2D eigenvalue weighted by atomic mass is 9.82. The number of aliphatic hydroxyl groups is 1. The predicted octanol–water partition coefficient (Wildman–Crippen LogP) is 3.64. The number of aromatic nitrogens is 1. The minimum absolute atomic E-state index is 0.0461. The lowest BCUT2D eigenvalue weighted by Crippen LogP contribution is -2.49. The van der Waals surface area contributed by atoms with Crippen molar-refractivity contribution < 1.29 is 38.4 Å². The Kier molecular flexibility index (Phi) is 18.9. The van der Waals surface area contributed by atoms with Gasteiger partial charge in [0.15, 0.2) is 11.4 Å². The van der Waals surface area contributed by atoms with Crippen molar-refractivity contribution in [3.05, 3.63) is 24.0 Å². The van der Waals surface area contributed by atoms with Crippen LogP contribution in [0.15, 0.2) is 18.3 Å². The van der Waals surface area contributed by atoms with Crippen LogP contribution in [0.25, 0.3) is 0 Å². The van der Waals surface area contributed by atoms with E-state index in [2.05, 4.69) is 25.8 Å². The number of methoxy groups -OCH3 is 1. The largest absolute Gasteiger partial charge is 0.491 e. The maximum Gasteiger partial charge on any atom is 0.407 e. The first-order valence-corrected chi connectivity index (χ1v) is 17.8. The number of aliphatic hydroxyl groups excluding tert-OH is 1. The van der Waals surface area contributed by atoms with E-state index >= 15 is 0 Å². The molecule has 0 bridgehead atoms. The van der Waals surface area contributed by atoms with Crippen LogP contribution in [0.1, 0.15) is 84.6 Å². The maximum absolute atomic E-state index is 13.3. The number of morpholine rings is 1. The van der Waals surface area contributed by atoms with Crippen LogP contribution in [-0.4, -0.2) is 117 Å². The molecule has 2 rings (SSSR count). The Balaban J connectivity index is 2.12. The van der Waals surface area contributed by atoms with Gasteiger partial charge in [-0.1, -0.05) is 27.7 Å². The number of unbranched alkanes of at least 4 members (excludes halogenated alkanes) is 1. The van der Waals surface area contributed by atoms with Crippen molar-refractivity contribution in [3.63, 3.8) is 0 Å². The van der Waals surface area contributed by atoms with E-state index in [1.54, 1.807) is 46.2 Å². The molecule has 0 aromatic carbocycles. The van der Waals surface area contributed by atoms with Gasteiger partial charge in [-0.15, -0.1) is 0 Å². The molecule has 49 heavy (non-hydrogen) atoms. The van der Waals surface area contributed by atoms with Crippen LogP contribution in [0.2, 0.25) is 0 Å². The van der Waals surface area contributed by atoms with Crippen molar-refractivity contribution in [1.82, 2.24) is 25.8 Å². The number of nitrogens with one attached hydrogen (secondary N) is 3. The molecule has 0 unspecified atom stereocenters. The first-order chi connectivity index (χ1) is 23.2. The third kappa shape index (κ3) is 16.5. The zero-order chi connectivity index (χ0) is 36.4. The summed E-state index contributed by atoms with van der Waals surface area (Å²) < 4.78 is 21.9. The summed E-state index contributed by atoms with van der Waals surface area (Å²) in [5.74, 6) is -0.670. The molecule has 3 amide bonds. The highest BCUT2D eigenvalue weighted by atomic mass is 16.6. The quantitative estimate of drug-likeness (QED) is 0.140. The SMILES string of the molecule is COCCCCOc1cccnc1C(=O)NC[C@@H](C[C@H](NC(=O)OC(C)(C)C)[C@@H](O)C[C@H](C(=O)NCCN1CCOCC1)C(C)C)C(C)C. The average Bonchev–Trinajstić information content (AvgIpc) is 3.04. The van der Waals surface area contributed by atoms with Gasteiger partial charge in [0, 0.05) is 58.6 Å². The number of rotatable bonds is 21. The van der Waals surface area contributed by atoms with Gasteiger partial charge in [0.05, 0.1) is 32.0 Å². The fourth-order valence-corrected chi connectivity index (χ4v) is 5.60. The number of carbonyl (C=O) groups is 3. The van der Waals surface area contributed by atoms with Crippen molar-refractivity contribution in [1.29, 1.82) is 0 Å². The van der Waals surface area contributed by atoms with Crippen molar-refractivity contribution in [2.24, 2.45) is 23.7 Å². The minimum atomic E-state index is -1.05. The Hall–Kier alpha value is -3.00. The van der Waals surface area contributed by atoms with E-state index in [1.165, 1.54) is 0 Å². The topological polar surface area (TPSA) is 161 Å². The second-order valence-corrected chi connectivity index (χ2v) is 14.5. The van der Waals surface area contributed by atoms with Crippen LogP contribution in [0.5, 0.6) is 5.75 Å². The number of amides is 3. The summed E-state index contributed by atoms with van der Waals surface area (Å²) in [4.78, 5) is 46.1. The highest BCUT2D eigenvalue weighted by Gasteiger charge is 2.33. The number of carbonyl (C=O) groups excluding carboxylic acids is 3. The van der Waals surface area contributed by atoms with Gasteiger partial charge in [0.2, 0.25) is 5.91 Å². The number of hydrogen-bond donors (Lipinski definition) is 4. The first kappa shape index (κ1) is 42.2. The van der Waals surface area contributed by atoms with Crippen LogP contribution in [0.4, 0.5) is 4.79 Å². The zero-order valence-electron chi connectivity index (χ0n) is 31.1. The summed E-state index contributed by atoms with van der Waals surface area (Å²) in [7, 11) is 1.65. The Bertz CT molecular complexity index is 1120. The summed E-state index contributed by atoms with van der Waals surface area (Å²) in [5, 5.41) is 20.5. The molecule has 2 heterocycles. The van der Waals surface area contributed by atoms with Gasteiger partial charge >= 0.3 is 6.09 Å². The van der Waals surface area contributed by atoms with E-state index in [-0.39, 0.29) is 48.2 Å². The molecule has 1 fully saturated rings. The molecule has 1 aliphatic heterocycles. The second kappa shape index (κ2) is 22.0. The van der Waals surface area contributed by atoms with E-state index in [1.807, 2.05) is 27.7 Å². The predicted molar refractivity (Wildman–Crippen MR) is 188 cm³/mol. The van der Waals surface area contributed by atoms with Gasteiger partial charge in [-0.2, -0.15) is 0 Å². The van der Waals surface area contributed by atoms with Crippen LogP contribution >= 0.6 is 0 Å². The fraction of sp³-hybridized carbons (Fsp3) is 0.778. The number of pyridine rings is 1. The van der Waals surface area contributed by atoms with E-state index in [0.717, 1.165) is 32.5 Å². The lowest BCUT2D eigenvalue weighted by Gasteiger charge is -2.33. The van der Waals surface area contributed by atoms with Gasteiger partial charge in [-0.3, -0.25) is 14.5 Å². The lowest BCUT2D eigenvalue weighted by molar-refractivity contribution is -0.127. The maximum atomic E-state index is 13.3. The molecule has 1 aromatic rings. The highest BCUT2D eigenvalue weighted by Crippen LogP contribution is 2.25. The first-order valence-electron chi connectivity index (χ1n) is 17.8. The summed E-state index contributed by atoms with van der Waals surface area (Å²) in [6, 6.07) is 2.71. The molecule has 1 saturated heterocycles. The number of ether oxygens (including phenoxy) is 4. The van der Waals surface area contributed by atoms with Crippen LogP contribution in [0, 0.1) is 23.7 Å². The summed E-state index contributed by atoms with van der Waals surface area (Å²) in [6.45, 7) is 18.9. The second-order valence-electron chi connectivity index (χ2n) is 14.5. The van der Waals surface area contributed by atoms with Gasteiger partial charge in [0.25, 0.3) is 5.91 Å². The number of alkyl carbamates (subject to hydrolysis) is 1. The van der Waals surface area contributed by atoms with Crippen molar-refractivity contribution in [3.8, 4) is 5.75 Å². The van der Waals surface area contributed by atoms with E-state index in [9.17, 15) is 19.5 Å². The Labute approximate surface area is 293 Å². The van der Waals surface area contributed by atoms with Gasteiger partial charge in [0.1, 0.15) is 5.60 Å². The molecule has 13 heteroatoms. The van der Waals surface area contributed by atoms with Crippen LogP contribution in [0.3, 0.4) is 0 Å². The smallest absolute Gasteiger partial charge is 0.407 e. The zero-order valence-corrected chi connectivity index (χ0v) is 31.1. The minimum Gasteiger partial charge on any atom is -0.491 e. The standard InChI is InChI=1S/C36H63N5O8/c1-25(2)27(24-39-34(44)32-31(12-11-13-37-32)48-19-10-9-18-46-8)22-29(40-35(45)49-36(5,6)7)30(42)23-28(26(3)4)33(43)38-14-15-41-16-20-47-21-17-41/h11-13,25-30,42H,9-10,14-24H2,1-8H3,(H,38,43)(H,39,44)(H,40,45)/t27-,28+,29+,30+/m1/s1. The van der Waals surface area contributed by atoms with Crippen LogP contribution < -0.4 is 20.7 Å². The molecule has 1 aliphatic rings. The van der Waals surface area contributed by atoms with Gasteiger partial charge in [-0.25, -0.2) is 9.78 Å². The van der Waals surface area contributed by atoms with Crippen molar-refractivity contribution in [2.45, 2.75) is 91.9 Å². The number of nitrogens with zero attached hydrogens (tertiary/aromatic N) is 2. The Morgan fingerprint density at radius 1 is 1.02 bits per heavy atom. The van der Waals surface area contributed by atoms with E-state index in [4.69, 9.17) is 18.9 Å². The molecule has 0 aliphatic carbocycles. The summed E-state index contributed by atoms with van der Waals surface area (Å²) >= 11 is 0. The molecular formula is C36H63N5O8. The molecule has 1 aromatic heterocycles. The van der Waals surface area contributed by atoms with Crippen LogP contribution in [-0.2, 0) is 19.0 Å². The Morgan fingerprint density at radius 3 is 2.35 bits per heavy atom. The van der Waals surface area contributed by atoms with E-state index < -0.39 is 29.8 Å². The Morgan fingerprint density at radius 2 is 1.71 bits per heavy atom. The normalized spacial score (nSPS) is 16.5. The molecule has 4 N–H and O–H groups in total. The highest BCUT2D eigenvalue weighted by molar-refractivity contribution is 5.94.